The van der Waals surface area contributed by atoms with E-state index in [-0.39, 0.29) is 0 Å². The Balaban J connectivity index is 1.43. The third-order valence-electron chi connectivity index (χ3n) is 5.59. The van der Waals surface area contributed by atoms with E-state index in [4.69, 9.17) is 0 Å². The zero-order valence-corrected chi connectivity index (χ0v) is 12.4. The summed E-state index contributed by atoms with van der Waals surface area (Å²) < 4.78 is 0. The lowest BCUT2D eigenvalue weighted by Crippen LogP contribution is -2.13. The van der Waals surface area contributed by atoms with Gasteiger partial charge in [-0.1, -0.05) is 22.0 Å². The number of pyridine rings is 1. The second-order valence-electron chi connectivity index (χ2n) is 6.61. The van der Waals surface area contributed by atoms with Gasteiger partial charge in [0.25, 0.3) is 0 Å². The number of aryl methyl sites for hydroxylation is 1. The first-order valence-electron chi connectivity index (χ1n) is 7.29. The molecule has 3 saturated carbocycles. The Morgan fingerprint density at radius 3 is 2.61 bits per heavy atom. The number of hydrogen-bond acceptors (Lipinski definition) is 1. The molecule has 0 spiro atoms. The van der Waals surface area contributed by atoms with Crippen LogP contribution in [0.15, 0.2) is 18.3 Å². The van der Waals surface area contributed by atoms with Crippen molar-refractivity contribution in [2.24, 2.45) is 29.6 Å². The van der Waals surface area contributed by atoms with Gasteiger partial charge < -0.3 is 0 Å². The molecule has 2 heteroatoms. The number of aromatic nitrogens is 1. The molecule has 3 fully saturated rings. The van der Waals surface area contributed by atoms with Crippen LogP contribution in [0.2, 0.25) is 0 Å². The van der Waals surface area contributed by atoms with E-state index in [1.54, 1.807) is 6.42 Å². The Hall–Kier alpha value is -0.370. The molecule has 1 aromatic rings. The fourth-order valence-electron chi connectivity index (χ4n) is 4.83. The number of fused-ring (bicyclic) bond motifs is 5. The van der Waals surface area contributed by atoms with Crippen molar-refractivity contribution in [3.63, 3.8) is 0 Å². The second-order valence-corrected chi connectivity index (χ2v) is 7.79. The molecule has 1 heterocycles. The van der Waals surface area contributed by atoms with Gasteiger partial charge in [0.05, 0.1) is 0 Å². The highest BCUT2D eigenvalue weighted by atomic mass is 79.9. The molecule has 18 heavy (non-hydrogen) atoms. The highest BCUT2D eigenvalue weighted by molar-refractivity contribution is 9.09. The first-order valence-corrected chi connectivity index (χ1v) is 8.21. The smallest absolute Gasteiger partial charge is 0.0415 e. The predicted molar refractivity (Wildman–Crippen MR) is 76.7 cm³/mol. The first-order chi connectivity index (χ1) is 8.74. The molecule has 96 valence electrons. The lowest BCUT2D eigenvalue weighted by atomic mass is 9.98. The van der Waals surface area contributed by atoms with E-state index in [0.717, 1.165) is 36.0 Å². The summed E-state index contributed by atoms with van der Waals surface area (Å²) in [4.78, 5) is 5.20. The summed E-state index contributed by atoms with van der Waals surface area (Å²) >= 11 is 3.96. The van der Waals surface area contributed by atoms with E-state index in [1.165, 1.54) is 24.1 Å². The first kappa shape index (κ1) is 11.5. The summed E-state index contributed by atoms with van der Waals surface area (Å²) in [5.74, 6) is 5.25. The number of nitrogens with zero attached hydrogens (tertiary/aromatic N) is 1. The molecule has 3 aliphatic carbocycles. The highest BCUT2D eigenvalue weighted by Crippen LogP contribution is 2.71. The third kappa shape index (κ3) is 1.68. The molecule has 5 unspecified atom stereocenters. The van der Waals surface area contributed by atoms with Crippen molar-refractivity contribution in [1.29, 1.82) is 0 Å². The van der Waals surface area contributed by atoms with Crippen molar-refractivity contribution < 1.29 is 0 Å². The van der Waals surface area contributed by atoms with Crippen molar-refractivity contribution in [3.8, 4) is 0 Å². The Kier molecular flexibility index (Phi) is 2.58. The van der Waals surface area contributed by atoms with Crippen molar-refractivity contribution in [2.75, 3.05) is 0 Å². The molecule has 0 aromatic carbocycles. The molecule has 1 aromatic heterocycles. The summed E-state index contributed by atoms with van der Waals surface area (Å²) in [5.41, 5.74) is 2.51. The van der Waals surface area contributed by atoms with Crippen LogP contribution in [-0.4, -0.2) is 9.81 Å². The monoisotopic (exact) mass is 305 g/mol. The molecule has 0 saturated heterocycles. The number of halogens is 1. The Morgan fingerprint density at radius 2 is 2.00 bits per heavy atom. The van der Waals surface area contributed by atoms with Crippen molar-refractivity contribution in [3.05, 3.63) is 29.6 Å². The summed E-state index contributed by atoms with van der Waals surface area (Å²) in [6, 6.07) is 4.37. The quantitative estimate of drug-likeness (QED) is 0.770. The van der Waals surface area contributed by atoms with Gasteiger partial charge in [-0.15, -0.1) is 0 Å². The normalized spacial score (nSPS) is 41.8. The zero-order valence-electron chi connectivity index (χ0n) is 10.8. The van der Waals surface area contributed by atoms with Gasteiger partial charge in [-0.05, 0) is 67.4 Å². The van der Waals surface area contributed by atoms with Crippen LogP contribution >= 0.6 is 15.9 Å². The minimum atomic E-state index is 0.658. The Bertz CT molecular complexity index is 439. The average Bonchev–Trinajstić information content (AvgIpc) is 2.82. The third-order valence-corrected chi connectivity index (χ3v) is 6.52. The maximum atomic E-state index is 4.55. The minimum absolute atomic E-state index is 0.658. The van der Waals surface area contributed by atoms with Crippen LogP contribution < -0.4 is 0 Å². The maximum absolute atomic E-state index is 4.55. The fraction of sp³-hybridized carbons (Fsp3) is 0.688. The highest BCUT2D eigenvalue weighted by Gasteiger charge is 2.66. The van der Waals surface area contributed by atoms with Gasteiger partial charge in [0.15, 0.2) is 0 Å². The largest absolute Gasteiger partial charge is 0.261 e. The molecule has 4 rings (SSSR count). The number of alkyl halides is 1. The van der Waals surface area contributed by atoms with Gasteiger partial charge >= 0.3 is 0 Å². The van der Waals surface area contributed by atoms with Crippen LogP contribution in [0.25, 0.3) is 0 Å². The lowest BCUT2D eigenvalue weighted by molar-refractivity contribution is 0.454. The zero-order chi connectivity index (χ0) is 12.3. The van der Waals surface area contributed by atoms with E-state index < -0.39 is 0 Å². The molecule has 0 amide bonds. The van der Waals surface area contributed by atoms with Gasteiger partial charge in [0.1, 0.15) is 0 Å². The van der Waals surface area contributed by atoms with E-state index >= 15 is 0 Å². The predicted octanol–water partition coefficient (Wildman–Crippen LogP) is 3.99. The lowest BCUT2D eigenvalue weighted by Gasteiger charge is -2.14. The van der Waals surface area contributed by atoms with Crippen molar-refractivity contribution in [1.82, 2.24) is 4.98 Å². The molecular weight excluding hydrogens is 286 g/mol. The summed E-state index contributed by atoms with van der Waals surface area (Å²) in [6.07, 6.45) is 7.69. The van der Waals surface area contributed by atoms with E-state index in [1.807, 2.05) is 6.20 Å². The number of hydrogen-bond donors (Lipinski definition) is 0. The van der Waals surface area contributed by atoms with Crippen molar-refractivity contribution in [2.45, 2.75) is 37.4 Å². The molecule has 2 bridgehead atoms. The van der Waals surface area contributed by atoms with E-state index in [9.17, 15) is 0 Å². The van der Waals surface area contributed by atoms with Gasteiger partial charge in [-0.3, -0.25) is 4.98 Å². The Morgan fingerprint density at radius 1 is 1.28 bits per heavy atom. The molecule has 1 nitrogen and oxygen atoms in total. The van der Waals surface area contributed by atoms with E-state index in [2.05, 4.69) is 40.0 Å². The standard InChI is InChI=1S/C16H20BrN/c1-9-2-5-12(18-8-9)7-13(17)16-14-10-3-4-11(6-10)15(14)16/h2,5,8,10-11,13-16H,3-4,6-7H2,1H3. The molecular formula is C16H20BrN. The molecule has 0 aliphatic heterocycles. The SMILES string of the molecule is Cc1ccc(CC(Br)C2C3C4CCC(C4)C23)nc1. The summed E-state index contributed by atoms with van der Waals surface area (Å²) in [5, 5.41) is 0. The van der Waals surface area contributed by atoms with Crippen LogP contribution in [0.1, 0.15) is 30.5 Å². The van der Waals surface area contributed by atoms with Crippen LogP contribution in [0.5, 0.6) is 0 Å². The molecule has 0 radical (unpaired) electrons. The summed E-state index contributed by atoms with van der Waals surface area (Å²) in [7, 11) is 0. The van der Waals surface area contributed by atoms with Crippen LogP contribution in [0, 0.1) is 36.5 Å². The molecule has 0 N–H and O–H groups in total. The molecule has 3 aliphatic rings. The van der Waals surface area contributed by atoms with E-state index in [0.29, 0.717) is 4.83 Å². The summed E-state index contributed by atoms with van der Waals surface area (Å²) in [6.45, 7) is 2.10. The topological polar surface area (TPSA) is 12.9 Å². The van der Waals surface area contributed by atoms with Gasteiger partial charge in [-0.25, -0.2) is 0 Å². The van der Waals surface area contributed by atoms with Crippen molar-refractivity contribution >= 4 is 15.9 Å². The minimum Gasteiger partial charge on any atom is -0.261 e. The second kappa shape index (κ2) is 4.06. The molecule has 5 atom stereocenters. The Labute approximate surface area is 118 Å². The van der Waals surface area contributed by atoms with Crippen LogP contribution in [0.4, 0.5) is 0 Å². The van der Waals surface area contributed by atoms with Gasteiger partial charge in [0, 0.05) is 23.1 Å². The maximum Gasteiger partial charge on any atom is 0.0415 e. The fourth-order valence-corrected chi connectivity index (χ4v) is 5.87. The number of rotatable bonds is 3. The average molecular weight is 306 g/mol. The van der Waals surface area contributed by atoms with Crippen LogP contribution in [-0.2, 0) is 6.42 Å². The van der Waals surface area contributed by atoms with Gasteiger partial charge in [-0.2, -0.15) is 0 Å². The van der Waals surface area contributed by atoms with Gasteiger partial charge in [0.2, 0.25) is 0 Å². The van der Waals surface area contributed by atoms with Crippen LogP contribution in [0.3, 0.4) is 0 Å².